The van der Waals surface area contributed by atoms with Gasteiger partial charge >= 0.3 is 11.9 Å². The number of aromatic amines is 1. The molecule has 11 nitrogen and oxygen atoms in total. The Labute approximate surface area is 184 Å². The SMILES string of the molecule is O=C(OCc1cn(Cc2ccc([N+](=O)[O-])o2)nn1)c1cccc2c(=O)c3ccccc3[nH]c12. The number of nitrogens with zero attached hydrogens (tertiary/aromatic N) is 4. The van der Waals surface area contributed by atoms with Crippen LogP contribution in [0.1, 0.15) is 21.8 Å². The van der Waals surface area contributed by atoms with Gasteiger partial charge in [0.2, 0.25) is 0 Å². The largest absolute Gasteiger partial charge is 0.455 e. The average molecular weight is 445 g/mol. The van der Waals surface area contributed by atoms with Crippen LogP contribution in [0.2, 0.25) is 0 Å². The Morgan fingerprint density at radius 3 is 2.76 bits per heavy atom. The van der Waals surface area contributed by atoms with Crippen LogP contribution in [0.25, 0.3) is 21.8 Å². The summed E-state index contributed by atoms with van der Waals surface area (Å²) in [4.78, 5) is 38.8. The Morgan fingerprint density at radius 1 is 1.12 bits per heavy atom. The fourth-order valence-electron chi connectivity index (χ4n) is 3.52. The van der Waals surface area contributed by atoms with Crippen molar-refractivity contribution in [1.29, 1.82) is 0 Å². The number of hydrogen-bond acceptors (Lipinski definition) is 8. The van der Waals surface area contributed by atoms with E-state index < -0.39 is 10.9 Å². The molecule has 5 aromatic rings. The van der Waals surface area contributed by atoms with Gasteiger partial charge in [0, 0.05) is 16.3 Å². The Hall–Kier alpha value is -4.80. The molecule has 164 valence electrons. The summed E-state index contributed by atoms with van der Waals surface area (Å²) in [7, 11) is 0. The Balaban J connectivity index is 1.33. The lowest BCUT2D eigenvalue weighted by Gasteiger charge is -2.08. The van der Waals surface area contributed by atoms with Gasteiger partial charge in [0.15, 0.2) is 5.43 Å². The van der Waals surface area contributed by atoms with Crippen molar-refractivity contribution >= 4 is 33.7 Å². The first-order valence-electron chi connectivity index (χ1n) is 9.82. The first kappa shape index (κ1) is 20.1. The number of esters is 1. The van der Waals surface area contributed by atoms with Gasteiger partial charge in [-0.25, -0.2) is 9.48 Å². The number of pyridine rings is 1. The summed E-state index contributed by atoms with van der Waals surface area (Å²) in [5.41, 5.74) is 1.45. The molecule has 0 aliphatic rings. The molecule has 0 fully saturated rings. The fraction of sp³-hybridized carbons (Fsp3) is 0.0909. The highest BCUT2D eigenvalue weighted by molar-refractivity contribution is 6.05. The van der Waals surface area contributed by atoms with Gasteiger partial charge < -0.3 is 14.1 Å². The summed E-state index contributed by atoms with van der Waals surface area (Å²) in [5, 5.41) is 19.5. The average Bonchev–Trinajstić information content (AvgIpc) is 3.47. The van der Waals surface area contributed by atoms with Crippen LogP contribution in [0, 0.1) is 10.1 Å². The monoisotopic (exact) mass is 445 g/mol. The molecule has 5 rings (SSSR count). The quantitative estimate of drug-likeness (QED) is 0.181. The zero-order chi connectivity index (χ0) is 22.9. The van der Waals surface area contributed by atoms with E-state index in [2.05, 4.69) is 15.3 Å². The summed E-state index contributed by atoms with van der Waals surface area (Å²) in [6.45, 7) is -0.0161. The zero-order valence-electron chi connectivity index (χ0n) is 16.9. The third-order valence-electron chi connectivity index (χ3n) is 5.04. The van der Waals surface area contributed by atoms with Crippen LogP contribution in [0.4, 0.5) is 5.88 Å². The number of para-hydroxylation sites is 2. The topological polar surface area (TPSA) is 146 Å². The van der Waals surface area contributed by atoms with E-state index >= 15 is 0 Å². The van der Waals surface area contributed by atoms with Gasteiger partial charge in [0.1, 0.15) is 29.5 Å². The molecule has 0 bridgehead atoms. The smallest absolute Gasteiger partial charge is 0.433 e. The lowest BCUT2D eigenvalue weighted by molar-refractivity contribution is -0.402. The summed E-state index contributed by atoms with van der Waals surface area (Å²) >= 11 is 0. The fourth-order valence-corrected chi connectivity index (χ4v) is 3.52. The van der Waals surface area contributed by atoms with E-state index in [-0.39, 0.29) is 30.0 Å². The molecular weight excluding hydrogens is 430 g/mol. The van der Waals surface area contributed by atoms with Crippen LogP contribution in [-0.4, -0.2) is 30.9 Å². The Morgan fingerprint density at radius 2 is 1.94 bits per heavy atom. The number of H-pyrrole nitrogens is 1. The zero-order valence-corrected chi connectivity index (χ0v) is 16.9. The Kier molecular flexibility index (Phi) is 4.90. The van der Waals surface area contributed by atoms with Gasteiger partial charge in [0.05, 0.1) is 23.3 Å². The number of aromatic nitrogens is 4. The van der Waals surface area contributed by atoms with E-state index in [4.69, 9.17) is 9.15 Å². The minimum Gasteiger partial charge on any atom is -0.455 e. The third kappa shape index (κ3) is 3.82. The van der Waals surface area contributed by atoms with Gasteiger partial charge in [-0.1, -0.05) is 23.4 Å². The number of carbonyl (C=O) groups excluding carboxylic acids is 1. The van der Waals surface area contributed by atoms with E-state index in [9.17, 15) is 19.7 Å². The van der Waals surface area contributed by atoms with Crippen molar-refractivity contribution in [3.8, 4) is 0 Å². The molecule has 0 saturated carbocycles. The number of hydrogen-bond donors (Lipinski definition) is 1. The van der Waals surface area contributed by atoms with Crippen LogP contribution in [0.15, 0.2) is 70.0 Å². The first-order chi connectivity index (χ1) is 16.0. The van der Waals surface area contributed by atoms with Crippen LogP contribution in [-0.2, 0) is 17.9 Å². The summed E-state index contributed by atoms with van der Waals surface area (Å²) in [5.74, 6) is -0.648. The number of carbonyl (C=O) groups is 1. The highest BCUT2D eigenvalue weighted by Crippen LogP contribution is 2.20. The molecule has 0 aliphatic heterocycles. The molecule has 0 unspecified atom stereocenters. The molecule has 0 amide bonds. The lowest BCUT2D eigenvalue weighted by Crippen LogP contribution is -2.10. The van der Waals surface area contributed by atoms with Crippen molar-refractivity contribution in [1.82, 2.24) is 20.0 Å². The highest BCUT2D eigenvalue weighted by atomic mass is 16.6. The first-order valence-corrected chi connectivity index (χ1v) is 9.82. The van der Waals surface area contributed by atoms with Crippen molar-refractivity contribution in [2.24, 2.45) is 0 Å². The summed E-state index contributed by atoms with van der Waals surface area (Å²) in [6.07, 6.45) is 1.54. The summed E-state index contributed by atoms with van der Waals surface area (Å²) in [6, 6.07) is 14.7. The molecule has 0 spiro atoms. The summed E-state index contributed by atoms with van der Waals surface area (Å²) < 4.78 is 11.9. The van der Waals surface area contributed by atoms with Gasteiger partial charge in [-0.15, -0.1) is 5.10 Å². The van der Waals surface area contributed by atoms with Gasteiger partial charge in [0.25, 0.3) is 0 Å². The second-order valence-electron chi connectivity index (χ2n) is 7.21. The van der Waals surface area contributed by atoms with Crippen LogP contribution >= 0.6 is 0 Å². The number of fused-ring (bicyclic) bond motifs is 2. The molecule has 0 aliphatic carbocycles. The molecule has 33 heavy (non-hydrogen) atoms. The van der Waals surface area contributed by atoms with Gasteiger partial charge in [-0.2, -0.15) is 0 Å². The number of nitrogens with one attached hydrogen (secondary N) is 1. The molecule has 0 saturated heterocycles. The van der Waals surface area contributed by atoms with E-state index in [1.807, 2.05) is 0 Å². The molecular formula is C22H15N5O6. The highest BCUT2D eigenvalue weighted by Gasteiger charge is 2.16. The van der Waals surface area contributed by atoms with Crippen molar-refractivity contribution in [2.45, 2.75) is 13.2 Å². The molecule has 2 aromatic carbocycles. The second kappa shape index (κ2) is 8.04. The number of rotatable bonds is 6. The van der Waals surface area contributed by atoms with E-state index in [0.29, 0.717) is 33.3 Å². The Bertz CT molecular complexity index is 1580. The van der Waals surface area contributed by atoms with Crippen molar-refractivity contribution in [2.75, 3.05) is 0 Å². The predicted octanol–water partition coefficient (Wildman–Crippen LogP) is 3.18. The number of benzene rings is 2. The van der Waals surface area contributed by atoms with Gasteiger partial charge in [-0.05, 0) is 30.3 Å². The third-order valence-corrected chi connectivity index (χ3v) is 5.04. The number of ether oxygens (including phenoxy) is 1. The van der Waals surface area contributed by atoms with Crippen LogP contribution < -0.4 is 5.43 Å². The van der Waals surface area contributed by atoms with Gasteiger partial charge in [-0.3, -0.25) is 14.9 Å². The number of nitro groups is 1. The molecule has 3 heterocycles. The number of furan rings is 1. The van der Waals surface area contributed by atoms with E-state index in [1.54, 1.807) is 48.7 Å². The minimum atomic E-state index is -0.626. The van der Waals surface area contributed by atoms with E-state index in [1.165, 1.54) is 16.8 Å². The molecule has 1 N–H and O–H groups in total. The molecule has 3 aromatic heterocycles. The maximum Gasteiger partial charge on any atom is 0.433 e. The molecule has 11 heteroatoms. The maximum atomic E-state index is 12.8. The van der Waals surface area contributed by atoms with Crippen molar-refractivity contribution in [3.05, 3.63) is 98.1 Å². The van der Waals surface area contributed by atoms with Crippen LogP contribution in [0.3, 0.4) is 0 Å². The minimum absolute atomic E-state index is 0.131. The van der Waals surface area contributed by atoms with Crippen molar-refractivity contribution in [3.63, 3.8) is 0 Å². The standard InChI is InChI=1S/C22H15N5O6/c28-21-15-4-1-2-7-18(15)23-20-16(21)5-3-6-17(20)22(29)32-12-13-10-26(25-24-13)11-14-8-9-19(33-14)27(30)31/h1-10H,11-12H2,(H,23,28). The lowest BCUT2D eigenvalue weighted by atomic mass is 10.1. The predicted molar refractivity (Wildman–Crippen MR) is 116 cm³/mol. The van der Waals surface area contributed by atoms with Crippen LogP contribution in [0.5, 0.6) is 0 Å². The van der Waals surface area contributed by atoms with E-state index in [0.717, 1.165) is 0 Å². The normalized spacial score (nSPS) is 11.2. The molecule has 0 atom stereocenters. The van der Waals surface area contributed by atoms with Crippen molar-refractivity contribution < 1.29 is 18.9 Å². The second-order valence-corrected chi connectivity index (χ2v) is 7.21. The molecule has 0 radical (unpaired) electrons. The maximum absolute atomic E-state index is 12.8.